The quantitative estimate of drug-likeness (QED) is 0.655. The Morgan fingerprint density at radius 3 is 2.50 bits per heavy atom. The van der Waals surface area contributed by atoms with Crippen LogP contribution in [0.15, 0.2) is 42.5 Å². The molecule has 0 aromatic heterocycles. The Bertz CT molecular complexity index is 614. The van der Waals surface area contributed by atoms with Crippen LogP contribution in [0.1, 0.15) is 11.1 Å². The van der Waals surface area contributed by atoms with Gasteiger partial charge in [-0.2, -0.15) is 0 Å². The molecule has 6 heteroatoms. The number of nitrogens with zero attached hydrogens (tertiary/aromatic N) is 1. The molecule has 0 aliphatic rings. The lowest BCUT2D eigenvalue weighted by Crippen LogP contribution is -2.13. The van der Waals surface area contributed by atoms with Gasteiger partial charge in [-0.3, -0.25) is 10.1 Å². The Balaban J connectivity index is 1.98. The average molecular weight is 293 g/mol. The first-order chi connectivity index (χ1) is 9.56. The van der Waals surface area contributed by atoms with Gasteiger partial charge < -0.3 is 10.4 Å². The number of phenols is 1. The number of non-ortho nitro benzene ring substituents is 1. The monoisotopic (exact) mass is 292 g/mol. The van der Waals surface area contributed by atoms with E-state index < -0.39 is 4.92 Å². The SMILES string of the molecule is O=[N+]([O-])c1ccc(Cl)c(CNCc2ccc(O)cc2)c1. The molecule has 0 amide bonds. The summed E-state index contributed by atoms with van der Waals surface area (Å²) in [6.07, 6.45) is 0. The molecule has 0 fully saturated rings. The van der Waals surface area contributed by atoms with E-state index in [9.17, 15) is 15.2 Å². The summed E-state index contributed by atoms with van der Waals surface area (Å²) in [5.74, 6) is 0.218. The predicted molar refractivity (Wildman–Crippen MR) is 76.8 cm³/mol. The summed E-state index contributed by atoms with van der Waals surface area (Å²) in [5.41, 5.74) is 1.71. The van der Waals surface area contributed by atoms with Crippen LogP contribution in [-0.4, -0.2) is 10.0 Å². The number of nitro benzene ring substituents is 1. The minimum atomic E-state index is -0.445. The second kappa shape index (κ2) is 6.36. The summed E-state index contributed by atoms with van der Waals surface area (Å²) in [6.45, 7) is 1.01. The number of nitrogens with one attached hydrogen (secondary N) is 1. The molecule has 20 heavy (non-hydrogen) atoms. The van der Waals surface area contributed by atoms with Crippen LogP contribution < -0.4 is 5.32 Å². The second-order valence-corrected chi connectivity index (χ2v) is 4.71. The minimum absolute atomic E-state index is 0.0239. The van der Waals surface area contributed by atoms with E-state index in [0.29, 0.717) is 23.7 Å². The van der Waals surface area contributed by atoms with Crippen LogP contribution in [0.5, 0.6) is 5.75 Å². The van der Waals surface area contributed by atoms with Crippen molar-refractivity contribution in [1.82, 2.24) is 5.32 Å². The van der Waals surface area contributed by atoms with Gasteiger partial charge >= 0.3 is 0 Å². The van der Waals surface area contributed by atoms with Crippen molar-refractivity contribution in [2.24, 2.45) is 0 Å². The highest BCUT2D eigenvalue weighted by Gasteiger charge is 2.09. The van der Waals surface area contributed by atoms with Crippen LogP contribution in [0.2, 0.25) is 5.02 Å². The van der Waals surface area contributed by atoms with E-state index in [1.165, 1.54) is 18.2 Å². The molecule has 2 aromatic rings. The lowest BCUT2D eigenvalue weighted by molar-refractivity contribution is -0.384. The van der Waals surface area contributed by atoms with Gasteiger partial charge in [-0.1, -0.05) is 23.7 Å². The first-order valence-corrected chi connectivity index (χ1v) is 6.35. The standard InChI is InChI=1S/C14H13ClN2O3/c15-14-6-3-12(17(19)20)7-11(14)9-16-8-10-1-4-13(18)5-2-10/h1-7,16,18H,8-9H2. The zero-order valence-corrected chi connectivity index (χ0v) is 11.3. The van der Waals surface area contributed by atoms with E-state index >= 15 is 0 Å². The maximum Gasteiger partial charge on any atom is 0.269 e. The molecule has 0 unspecified atom stereocenters. The van der Waals surface area contributed by atoms with Gasteiger partial charge in [0.05, 0.1) is 4.92 Å². The topological polar surface area (TPSA) is 75.4 Å². The van der Waals surface area contributed by atoms with Gasteiger partial charge in [0.25, 0.3) is 5.69 Å². The molecule has 0 bridgehead atoms. The summed E-state index contributed by atoms with van der Waals surface area (Å²) in [7, 11) is 0. The van der Waals surface area contributed by atoms with Crippen molar-refractivity contribution < 1.29 is 10.0 Å². The average Bonchev–Trinajstić information content (AvgIpc) is 2.43. The molecule has 0 aliphatic carbocycles. The third-order valence-corrected chi connectivity index (χ3v) is 3.19. The highest BCUT2D eigenvalue weighted by Crippen LogP contribution is 2.22. The lowest BCUT2D eigenvalue weighted by atomic mass is 10.2. The van der Waals surface area contributed by atoms with E-state index in [1.54, 1.807) is 24.3 Å². The molecular formula is C14H13ClN2O3. The van der Waals surface area contributed by atoms with E-state index in [0.717, 1.165) is 5.56 Å². The largest absolute Gasteiger partial charge is 0.508 e. The van der Waals surface area contributed by atoms with Gasteiger partial charge in [-0.05, 0) is 29.3 Å². The molecule has 0 atom stereocenters. The predicted octanol–water partition coefficient (Wildman–Crippen LogP) is 3.24. The van der Waals surface area contributed by atoms with Crippen molar-refractivity contribution in [1.29, 1.82) is 0 Å². The van der Waals surface area contributed by atoms with Crippen LogP contribution in [0.4, 0.5) is 5.69 Å². The van der Waals surface area contributed by atoms with E-state index in [-0.39, 0.29) is 11.4 Å². The van der Waals surface area contributed by atoms with Crippen molar-refractivity contribution in [3.63, 3.8) is 0 Å². The Morgan fingerprint density at radius 2 is 1.85 bits per heavy atom. The van der Waals surface area contributed by atoms with Crippen LogP contribution in [-0.2, 0) is 13.1 Å². The molecule has 0 aliphatic heterocycles. The molecule has 0 saturated heterocycles. The van der Waals surface area contributed by atoms with Gasteiger partial charge in [0.1, 0.15) is 5.75 Å². The van der Waals surface area contributed by atoms with Gasteiger partial charge in [-0.15, -0.1) is 0 Å². The normalized spacial score (nSPS) is 10.4. The number of benzene rings is 2. The third kappa shape index (κ3) is 3.69. The number of hydrogen-bond acceptors (Lipinski definition) is 4. The summed E-state index contributed by atoms with van der Waals surface area (Å²) < 4.78 is 0. The van der Waals surface area contributed by atoms with Crippen LogP contribution in [0.3, 0.4) is 0 Å². The maximum atomic E-state index is 10.7. The number of nitro groups is 1. The summed E-state index contributed by atoms with van der Waals surface area (Å²) >= 11 is 6.01. The molecule has 0 spiro atoms. The Hall–Kier alpha value is -2.11. The van der Waals surface area contributed by atoms with Gasteiger partial charge in [-0.25, -0.2) is 0 Å². The van der Waals surface area contributed by atoms with Crippen molar-refractivity contribution in [2.45, 2.75) is 13.1 Å². The van der Waals surface area contributed by atoms with Crippen LogP contribution in [0, 0.1) is 10.1 Å². The Kier molecular flexibility index (Phi) is 4.55. The highest BCUT2D eigenvalue weighted by atomic mass is 35.5. The van der Waals surface area contributed by atoms with Crippen molar-refractivity contribution >= 4 is 17.3 Å². The van der Waals surface area contributed by atoms with E-state index in [2.05, 4.69) is 5.32 Å². The number of halogens is 1. The summed E-state index contributed by atoms with van der Waals surface area (Å²) in [4.78, 5) is 10.3. The fourth-order valence-corrected chi connectivity index (χ4v) is 1.95. The smallest absolute Gasteiger partial charge is 0.269 e. The van der Waals surface area contributed by atoms with Crippen molar-refractivity contribution in [2.75, 3.05) is 0 Å². The molecule has 0 heterocycles. The zero-order chi connectivity index (χ0) is 14.5. The van der Waals surface area contributed by atoms with E-state index in [4.69, 9.17) is 11.6 Å². The Morgan fingerprint density at radius 1 is 1.15 bits per heavy atom. The first kappa shape index (κ1) is 14.3. The molecule has 2 aromatic carbocycles. The third-order valence-electron chi connectivity index (χ3n) is 2.82. The highest BCUT2D eigenvalue weighted by molar-refractivity contribution is 6.31. The molecular weight excluding hydrogens is 280 g/mol. The lowest BCUT2D eigenvalue weighted by Gasteiger charge is -2.07. The second-order valence-electron chi connectivity index (χ2n) is 4.30. The molecule has 104 valence electrons. The summed E-state index contributed by atoms with van der Waals surface area (Å²) in [6, 6.07) is 11.2. The van der Waals surface area contributed by atoms with Gasteiger partial charge in [0, 0.05) is 30.2 Å². The molecule has 0 radical (unpaired) electrons. The van der Waals surface area contributed by atoms with E-state index in [1.807, 2.05) is 0 Å². The molecule has 2 rings (SSSR count). The molecule has 2 N–H and O–H groups in total. The number of aromatic hydroxyl groups is 1. The number of phenolic OH excluding ortho intramolecular Hbond substituents is 1. The minimum Gasteiger partial charge on any atom is -0.508 e. The number of hydrogen-bond donors (Lipinski definition) is 2. The van der Waals surface area contributed by atoms with Gasteiger partial charge in [0.2, 0.25) is 0 Å². The van der Waals surface area contributed by atoms with Crippen LogP contribution in [0.25, 0.3) is 0 Å². The zero-order valence-electron chi connectivity index (χ0n) is 10.5. The van der Waals surface area contributed by atoms with Crippen molar-refractivity contribution in [3.05, 3.63) is 68.7 Å². The Labute approximate surface area is 121 Å². The van der Waals surface area contributed by atoms with Crippen molar-refractivity contribution in [3.8, 4) is 5.75 Å². The first-order valence-electron chi connectivity index (χ1n) is 5.97. The molecule has 5 nitrogen and oxygen atoms in total. The fourth-order valence-electron chi connectivity index (χ4n) is 1.77. The fraction of sp³-hybridized carbons (Fsp3) is 0.143. The van der Waals surface area contributed by atoms with Gasteiger partial charge in [0.15, 0.2) is 0 Å². The maximum absolute atomic E-state index is 10.7. The van der Waals surface area contributed by atoms with Crippen LogP contribution >= 0.6 is 11.6 Å². The number of rotatable bonds is 5. The molecule has 0 saturated carbocycles. The summed E-state index contributed by atoms with van der Waals surface area (Å²) in [5, 5.41) is 23.5.